The van der Waals surface area contributed by atoms with Gasteiger partial charge in [0, 0.05) is 30.2 Å². The molecule has 1 fully saturated rings. The van der Waals surface area contributed by atoms with E-state index in [4.69, 9.17) is 9.72 Å². The van der Waals surface area contributed by atoms with Crippen LogP contribution in [-0.4, -0.2) is 69.4 Å². The fourth-order valence-corrected chi connectivity index (χ4v) is 6.05. The van der Waals surface area contributed by atoms with Crippen molar-refractivity contribution in [1.82, 2.24) is 24.1 Å². The second-order valence-electron chi connectivity index (χ2n) is 9.71. The molecule has 188 valence electrons. The number of rotatable bonds is 5. The van der Waals surface area contributed by atoms with Gasteiger partial charge in [-0.25, -0.2) is 4.98 Å². The van der Waals surface area contributed by atoms with Gasteiger partial charge in [0.2, 0.25) is 5.91 Å². The Kier molecular flexibility index (Phi) is 6.95. The van der Waals surface area contributed by atoms with Gasteiger partial charge in [0.1, 0.15) is 5.69 Å². The van der Waals surface area contributed by atoms with Crippen molar-refractivity contribution in [2.45, 2.75) is 39.7 Å². The zero-order valence-electron chi connectivity index (χ0n) is 20.3. The highest BCUT2D eigenvalue weighted by molar-refractivity contribution is 9.10. The minimum absolute atomic E-state index is 0.0126. The summed E-state index contributed by atoms with van der Waals surface area (Å²) in [7, 11) is 1.79. The molecular formula is C24H30BrFN6O2S. The van der Waals surface area contributed by atoms with Crippen molar-refractivity contribution in [1.29, 1.82) is 0 Å². The number of carbonyl (C=O) groups excluding carboxylic acids is 1. The summed E-state index contributed by atoms with van der Waals surface area (Å²) in [5.74, 6) is 1.59. The van der Waals surface area contributed by atoms with E-state index in [0.29, 0.717) is 36.6 Å². The quantitative estimate of drug-likeness (QED) is 0.487. The number of aromatic amines is 1. The number of benzene rings is 1. The first-order valence-electron chi connectivity index (χ1n) is 12.0. The number of morpholine rings is 1. The number of anilines is 1. The molecule has 3 heterocycles. The van der Waals surface area contributed by atoms with Crippen LogP contribution in [0.2, 0.25) is 0 Å². The molecule has 0 radical (unpaired) electrons. The summed E-state index contributed by atoms with van der Waals surface area (Å²) in [5, 5.41) is 4.55. The third-order valence-corrected chi connectivity index (χ3v) is 8.62. The van der Waals surface area contributed by atoms with Crippen molar-refractivity contribution in [3.8, 4) is 11.5 Å². The number of nitrogens with one attached hydrogen (secondary N) is 1. The molecule has 0 bridgehead atoms. The van der Waals surface area contributed by atoms with E-state index in [1.54, 1.807) is 11.9 Å². The summed E-state index contributed by atoms with van der Waals surface area (Å²) in [6.45, 7) is 9.14. The van der Waals surface area contributed by atoms with Gasteiger partial charge in [-0.2, -0.15) is 9.19 Å². The van der Waals surface area contributed by atoms with E-state index in [0.717, 1.165) is 58.4 Å². The molecule has 35 heavy (non-hydrogen) atoms. The topological polar surface area (TPSA) is 79.3 Å². The number of amides is 1. The number of fused-ring (bicyclic) bond motifs is 2. The molecule has 8 nitrogen and oxygen atoms in total. The lowest BCUT2D eigenvalue weighted by Crippen LogP contribution is -2.50. The number of hydrogen-bond acceptors (Lipinski definition) is 6. The van der Waals surface area contributed by atoms with E-state index < -0.39 is 0 Å². The average molecular weight is 566 g/mol. The number of carbonyl (C=O) groups is 1. The van der Waals surface area contributed by atoms with Crippen LogP contribution >= 0.6 is 28.3 Å². The predicted octanol–water partition coefficient (Wildman–Crippen LogP) is 4.62. The van der Waals surface area contributed by atoms with Crippen LogP contribution < -0.4 is 4.90 Å². The largest absolute Gasteiger partial charge is 0.379 e. The van der Waals surface area contributed by atoms with E-state index in [1.807, 2.05) is 19.1 Å². The van der Waals surface area contributed by atoms with Crippen LogP contribution in [0.4, 0.5) is 9.57 Å². The maximum Gasteiger partial charge on any atom is 0.243 e. The molecule has 1 aliphatic heterocycles. The van der Waals surface area contributed by atoms with Crippen LogP contribution in [0.5, 0.6) is 0 Å². The molecule has 1 amide bonds. The van der Waals surface area contributed by atoms with Crippen LogP contribution in [0.25, 0.3) is 22.6 Å². The molecule has 11 heteroatoms. The molecule has 1 N–H and O–H groups in total. The third-order valence-electron chi connectivity index (χ3n) is 7.55. The first-order valence-corrected chi connectivity index (χ1v) is 13.4. The first kappa shape index (κ1) is 24.7. The number of halogens is 2. The van der Waals surface area contributed by atoms with Gasteiger partial charge < -0.3 is 14.6 Å². The normalized spacial score (nSPS) is 21.8. The van der Waals surface area contributed by atoms with Gasteiger partial charge in [-0.1, -0.05) is 13.8 Å². The zero-order valence-corrected chi connectivity index (χ0v) is 22.7. The fraction of sp³-hybridized carbons (Fsp3) is 0.542. The maximum absolute atomic E-state index is 13.7. The van der Waals surface area contributed by atoms with Gasteiger partial charge in [-0.15, -0.1) is 3.89 Å². The van der Waals surface area contributed by atoms with Gasteiger partial charge in [-0.05, 0) is 59.7 Å². The van der Waals surface area contributed by atoms with Crippen molar-refractivity contribution in [3.05, 3.63) is 27.9 Å². The monoisotopic (exact) mass is 564 g/mol. The van der Waals surface area contributed by atoms with Crippen molar-refractivity contribution in [2.24, 2.45) is 11.8 Å². The van der Waals surface area contributed by atoms with Gasteiger partial charge in [0.25, 0.3) is 0 Å². The highest BCUT2D eigenvalue weighted by Crippen LogP contribution is 2.38. The standard InChI is InChI=1S/C24H30BrFN6O2S/c1-13-9-16-20(10-14(13)2)32(35-26)29-22(16)23-27-18-11-17(25)21(12-19(18)28-23)30(4)24(33)15(3)31-5-7-34-8-6-31/h11-15H,5-10H2,1-4H3,(H,27,28)/t13?,14-,15?/m1/s1. The molecule has 3 atom stereocenters. The minimum atomic E-state index is -0.251. The number of imidazole rings is 1. The molecule has 0 saturated carbocycles. The van der Waals surface area contributed by atoms with Crippen molar-refractivity contribution in [3.63, 3.8) is 0 Å². The van der Waals surface area contributed by atoms with Gasteiger partial charge >= 0.3 is 0 Å². The Balaban J connectivity index is 1.47. The van der Waals surface area contributed by atoms with E-state index in [2.05, 4.69) is 44.8 Å². The third kappa shape index (κ3) is 4.52. The summed E-state index contributed by atoms with van der Waals surface area (Å²) >= 11 is 3.77. The number of ether oxygens (including phenoxy) is 1. The Labute approximate surface area is 217 Å². The molecule has 2 unspecified atom stereocenters. The fourth-order valence-electron chi connectivity index (χ4n) is 5.06. The molecule has 1 saturated heterocycles. The molecule has 3 aromatic rings. The van der Waals surface area contributed by atoms with Gasteiger partial charge in [0.05, 0.1) is 41.7 Å². The van der Waals surface area contributed by atoms with Gasteiger partial charge in [-0.3, -0.25) is 9.69 Å². The maximum atomic E-state index is 13.7. The first-order chi connectivity index (χ1) is 16.8. The Bertz CT molecular complexity index is 1260. The lowest BCUT2D eigenvalue weighted by molar-refractivity contribution is -0.124. The highest BCUT2D eigenvalue weighted by atomic mass is 79.9. The van der Waals surface area contributed by atoms with E-state index >= 15 is 0 Å². The van der Waals surface area contributed by atoms with Crippen molar-refractivity contribution in [2.75, 3.05) is 38.3 Å². The number of H-pyrrole nitrogens is 1. The molecule has 2 aromatic heterocycles. The SMILES string of the molecule is CC1Cc2c(-c3nc4cc(N(C)C(=O)C(C)N5CCOCC5)c(Br)cc4[nH]3)nn(SF)c2C[C@H]1C. The lowest BCUT2D eigenvalue weighted by Gasteiger charge is -2.33. The molecule has 5 rings (SSSR count). The predicted molar refractivity (Wildman–Crippen MR) is 140 cm³/mol. The molecular weight excluding hydrogens is 535 g/mol. The van der Waals surface area contributed by atoms with Crippen LogP contribution in [0, 0.1) is 11.8 Å². The summed E-state index contributed by atoms with van der Waals surface area (Å²) in [4.78, 5) is 25.3. The lowest BCUT2D eigenvalue weighted by atomic mass is 9.80. The van der Waals surface area contributed by atoms with Crippen LogP contribution in [-0.2, 0) is 22.4 Å². The highest BCUT2D eigenvalue weighted by Gasteiger charge is 2.31. The van der Waals surface area contributed by atoms with E-state index in [1.165, 1.54) is 4.09 Å². The van der Waals surface area contributed by atoms with Crippen LogP contribution in [0.15, 0.2) is 16.6 Å². The molecule has 0 spiro atoms. The van der Waals surface area contributed by atoms with Crippen molar-refractivity contribution >= 4 is 50.9 Å². The van der Waals surface area contributed by atoms with E-state index in [9.17, 15) is 8.68 Å². The summed E-state index contributed by atoms with van der Waals surface area (Å²) in [6.07, 6.45) is 1.64. The Hall–Kier alpha value is -1.95. The number of aromatic nitrogens is 4. The Morgan fingerprint density at radius 3 is 2.71 bits per heavy atom. The number of nitrogens with zero attached hydrogens (tertiary/aromatic N) is 5. The zero-order chi connectivity index (χ0) is 24.9. The van der Waals surface area contributed by atoms with Gasteiger partial charge in [0.15, 0.2) is 18.2 Å². The van der Waals surface area contributed by atoms with Crippen molar-refractivity contribution < 1.29 is 13.4 Å². The number of hydrogen-bond donors (Lipinski definition) is 1. The summed E-state index contributed by atoms with van der Waals surface area (Å²) in [6, 6.07) is 3.59. The summed E-state index contributed by atoms with van der Waals surface area (Å²) in [5.41, 5.74) is 4.99. The van der Waals surface area contributed by atoms with E-state index in [-0.39, 0.29) is 24.3 Å². The molecule has 1 aliphatic carbocycles. The molecule has 1 aromatic carbocycles. The number of likely N-dealkylation sites (N-methyl/N-ethyl adjacent to an activating group) is 1. The average Bonchev–Trinajstić information content (AvgIpc) is 3.43. The smallest absolute Gasteiger partial charge is 0.243 e. The molecule has 2 aliphatic rings. The van der Waals surface area contributed by atoms with Crippen LogP contribution in [0.1, 0.15) is 32.0 Å². The Morgan fingerprint density at radius 2 is 2.00 bits per heavy atom. The van der Waals surface area contributed by atoms with Crippen LogP contribution in [0.3, 0.4) is 0 Å². The summed E-state index contributed by atoms with van der Waals surface area (Å²) < 4.78 is 21.3. The second-order valence-corrected chi connectivity index (χ2v) is 11.0. The second kappa shape index (κ2) is 9.84. The Morgan fingerprint density at radius 1 is 1.29 bits per heavy atom. The minimum Gasteiger partial charge on any atom is -0.379 e.